The van der Waals surface area contributed by atoms with Crippen molar-refractivity contribution in [1.82, 2.24) is 9.80 Å². The summed E-state index contributed by atoms with van der Waals surface area (Å²) in [6.45, 7) is 2.12. The van der Waals surface area contributed by atoms with E-state index >= 15 is 0 Å². The minimum absolute atomic E-state index is 0.0169. The monoisotopic (exact) mass is 621 g/mol. The lowest BCUT2D eigenvalue weighted by atomic mass is 9.72. The summed E-state index contributed by atoms with van der Waals surface area (Å²) in [7, 11) is 0. The third-order valence-electron chi connectivity index (χ3n) is 7.89. The number of hydrogen-bond donors (Lipinski definition) is 1. The highest BCUT2D eigenvalue weighted by Crippen LogP contribution is 2.43. The molecule has 3 saturated heterocycles. The molecule has 3 aliphatic rings. The quantitative estimate of drug-likeness (QED) is 0.468. The second-order valence-electron chi connectivity index (χ2n) is 11.1. The number of aliphatic carboxylic acids is 1. The number of carbonyl (C=O) groups is 2. The number of rotatable bonds is 5. The molecular formula is C25H28F9N3O5. The van der Waals surface area contributed by atoms with E-state index in [9.17, 15) is 54.2 Å². The standard InChI is InChI=1S/C25H28F9N3O5/c1-21(19(38)39)12-37(8-9-41-21)17-10-16(23(26,27)28)3-2-15(17)11-35-13-22(14-35)4-6-36(7-5-22)20(40)42-18(24(29,30)31)25(32,33)34/h2-3,10,18H,4-9,11-14H2,1H3,(H,38,39). The molecule has 0 bridgehead atoms. The molecule has 1 atom stereocenters. The topological polar surface area (TPSA) is 82.6 Å². The molecule has 1 N–H and O–H groups in total. The molecule has 1 spiro atoms. The van der Waals surface area contributed by atoms with E-state index in [1.807, 2.05) is 4.90 Å². The number of piperidine rings is 1. The molecule has 4 rings (SSSR count). The molecule has 0 saturated carbocycles. The third-order valence-corrected chi connectivity index (χ3v) is 7.89. The van der Waals surface area contributed by atoms with Gasteiger partial charge in [0.2, 0.25) is 0 Å². The minimum atomic E-state index is -5.82. The average molecular weight is 621 g/mol. The second-order valence-corrected chi connectivity index (χ2v) is 11.1. The van der Waals surface area contributed by atoms with Crippen molar-refractivity contribution in [3.8, 4) is 0 Å². The third kappa shape index (κ3) is 6.82. The van der Waals surface area contributed by atoms with Crippen LogP contribution in [0.3, 0.4) is 0 Å². The number of benzene rings is 1. The normalized spacial score (nSPS) is 23.7. The Morgan fingerprint density at radius 2 is 1.57 bits per heavy atom. The van der Waals surface area contributed by atoms with Gasteiger partial charge < -0.3 is 24.4 Å². The number of morpholine rings is 1. The van der Waals surface area contributed by atoms with Crippen LogP contribution in [-0.2, 0) is 27.0 Å². The van der Waals surface area contributed by atoms with Crippen molar-refractivity contribution in [2.75, 3.05) is 50.8 Å². The highest BCUT2D eigenvalue weighted by Gasteiger charge is 2.60. The maximum absolute atomic E-state index is 13.5. The molecule has 1 aromatic carbocycles. The van der Waals surface area contributed by atoms with Gasteiger partial charge in [-0.1, -0.05) is 6.07 Å². The Hall–Kier alpha value is -2.95. The zero-order valence-electron chi connectivity index (χ0n) is 22.2. The second kappa shape index (κ2) is 11.0. The van der Waals surface area contributed by atoms with Crippen LogP contribution in [0.5, 0.6) is 0 Å². The molecule has 3 heterocycles. The first-order valence-electron chi connectivity index (χ1n) is 12.9. The van der Waals surface area contributed by atoms with Gasteiger partial charge in [-0.2, -0.15) is 39.5 Å². The lowest BCUT2D eigenvalue weighted by molar-refractivity contribution is -0.308. The number of carbonyl (C=O) groups excluding carboxylic acids is 1. The highest BCUT2D eigenvalue weighted by atomic mass is 19.4. The molecule has 1 aromatic rings. The summed E-state index contributed by atoms with van der Waals surface area (Å²) in [4.78, 5) is 28.0. The number of halogens is 9. The summed E-state index contributed by atoms with van der Waals surface area (Å²) in [5.74, 6) is -1.26. The van der Waals surface area contributed by atoms with E-state index in [1.54, 1.807) is 0 Å². The van der Waals surface area contributed by atoms with Gasteiger partial charge >= 0.3 is 30.6 Å². The number of ether oxygens (including phenoxy) is 2. The summed E-state index contributed by atoms with van der Waals surface area (Å²) in [5, 5.41) is 9.54. The fourth-order valence-electron chi connectivity index (χ4n) is 5.60. The first kappa shape index (κ1) is 32.0. The molecule has 236 valence electrons. The molecule has 0 aromatic heterocycles. The number of anilines is 1. The van der Waals surface area contributed by atoms with Gasteiger partial charge in [0.25, 0.3) is 6.10 Å². The first-order valence-corrected chi connectivity index (χ1v) is 12.9. The zero-order valence-corrected chi connectivity index (χ0v) is 22.2. The molecular weight excluding hydrogens is 593 g/mol. The van der Waals surface area contributed by atoms with Gasteiger partial charge in [-0.05, 0) is 42.9 Å². The molecule has 0 aliphatic carbocycles. The van der Waals surface area contributed by atoms with Crippen molar-refractivity contribution in [3.63, 3.8) is 0 Å². The van der Waals surface area contributed by atoms with Crippen LogP contribution in [-0.4, -0.2) is 96.9 Å². The van der Waals surface area contributed by atoms with Gasteiger partial charge in [0.15, 0.2) is 5.60 Å². The Morgan fingerprint density at radius 1 is 0.976 bits per heavy atom. The van der Waals surface area contributed by atoms with Gasteiger partial charge in [-0.15, -0.1) is 0 Å². The van der Waals surface area contributed by atoms with Crippen LogP contribution in [0, 0.1) is 5.41 Å². The van der Waals surface area contributed by atoms with Gasteiger partial charge in [0.05, 0.1) is 18.7 Å². The number of amides is 1. The van der Waals surface area contributed by atoms with Crippen LogP contribution >= 0.6 is 0 Å². The van der Waals surface area contributed by atoms with Crippen LogP contribution in [0.25, 0.3) is 0 Å². The van der Waals surface area contributed by atoms with E-state index in [4.69, 9.17) is 4.74 Å². The molecule has 3 aliphatic heterocycles. The summed E-state index contributed by atoms with van der Waals surface area (Å²) in [5.41, 5.74) is -2.18. The Labute approximate surface area is 233 Å². The van der Waals surface area contributed by atoms with Crippen LogP contribution in [0.2, 0.25) is 0 Å². The lowest BCUT2D eigenvalue weighted by Crippen LogP contribution is -2.60. The van der Waals surface area contributed by atoms with Crippen LogP contribution in [0.4, 0.5) is 50.0 Å². The van der Waals surface area contributed by atoms with E-state index < -0.39 is 47.9 Å². The predicted octanol–water partition coefficient (Wildman–Crippen LogP) is 4.91. The van der Waals surface area contributed by atoms with Crippen molar-refractivity contribution in [2.45, 2.75) is 56.5 Å². The van der Waals surface area contributed by atoms with E-state index in [1.165, 1.54) is 17.9 Å². The summed E-state index contributed by atoms with van der Waals surface area (Å²) in [6.07, 6.45) is -21.7. The number of hydrogen-bond acceptors (Lipinski definition) is 6. The van der Waals surface area contributed by atoms with Crippen molar-refractivity contribution >= 4 is 17.7 Å². The van der Waals surface area contributed by atoms with Gasteiger partial charge in [0.1, 0.15) is 0 Å². The number of carboxylic acid groups (broad SMARTS) is 1. The Kier molecular flexibility index (Phi) is 8.34. The predicted molar refractivity (Wildman–Crippen MR) is 127 cm³/mol. The smallest absolute Gasteiger partial charge is 0.434 e. The average Bonchev–Trinajstić information content (AvgIpc) is 2.84. The Bertz CT molecular complexity index is 1160. The van der Waals surface area contributed by atoms with Crippen LogP contribution in [0.15, 0.2) is 18.2 Å². The van der Waals surface area contributed by atoms with Crippen molar-refractivity contribution in [3.05, 3.63) is 29.3 Å². The van der Waals surface area contributed by atoms with Gasteiger partial charge in [-0.25, -0.2) is 9.59 Å². The number of likely N-dealkylation sites (tertiary alicyclic amines) is 2. The molecule has 0 radical (unpaired) electrons. The molecule has 17 heteroatoms. The zero-order chi connectivity index (χ0) is 31.3. The first-order chi connectivity index (χ1) is 19.2. The largest absolute Gasteiger partial charge is 0.479 e. The SMILES string of the molecule is CC1(C(=O)O)CN(c2cc(C(F)(F)F)ccc2CN2CC3(CCN(C(=O)OC(C(F)(F)F)C(F)(F)F)CC3)C2)CCO1. The summed E-state index contributed by atoms with van der Waals surface area (Å²) in [6, 6.07) is 3.23. The highest BCUT2D eigenvalue weighted by molar-refractivity contribution is 5.78. The fourth-order valence-corrected chi connectivity index (χ4v) is 5.60. The van der Waals surface area contributed by atoms with Gasteiger partial charge in [0, 0.05) is 45.0 Å². The van der Waals surface area contributed by atoms with Gasteiger partial charge in [-0.3, -0.25) is 4.90 Å². The number of alkyl halides is 9. The van der Waals surface area contributed by atoms with E-state index in [0.29, 0.717) is 18.7 Å². The molecule has 3 fully saturated rings. The Balaban J connectivity index is 1.40. The fraction of sp³-hybridized carbons (Fsp3) is 0.680. The molecule has 1 unspecified atom stereocenters. The van der Waals surface area contributed by atoms with Crippen LogP contribution in [0.1, 0.15) is 30.9 Å². The molecule has 8 nitrogen and oxygen atoms in total. The van der Waals surface area contributed by atoms with Crippen LogP contribution < -0.4 is 4.90 Å². The lowest BCUT2D eigenvalue weighted by Gasteiger charge is -2.54. The summed E-state index contributed by atoms with van der Waals surface area (Å²) < 4.78 is 126. The Morgan fingerprint density at radius 3 is 2.10 bits per heavy atom. The van der Waals surface area contributed by atoms with Crippen molar-refractivity contribution < 1.29 is 63.7 Å². The minimum Gasteiger partial charge on any atom is -0.479 e. The number of carboxylic acids is 1. The maximum Gasteiger partial charge on any atom is 0.434 e. The molecule has 42 heavy (non-hydrogen) atoms. The van der Waals surface area contributed by atoms with Crippen molar-refractivity contribution in [2.24, 2.45) is 5.41 Å². The van der Waals surface area contributed by atoms with Crippen molar-refractivity contribution in [1.29, 1.82) is 0 Å². The van der Waals surface area contributed by atoms with E-state index in [0.717, 1.165) is 17.0 Å². The van der Waals surface area contributed by atoms with E-state index in [-0.39, 0.29) is 63.3 Å². The maximum atomic E-state index is 13.5. The summed E-state index contributed by atoms with van der Waals surface area (Å²) >= 11 is 0. The number of nitrogens with zero attached hydrogens (tertiary/aromatic N) is 3. The van der Waals surface area contributed by atoms with E-state index in [2.05, 4.69) is 4.74 Å². The molecule has 1 amide bonds.